The molecular weight excluding hydrogens is 751 g/mol. The van der Waals surface area contributed by atoms with Crippen LogP contribution in [0.15, 0.2) is 170 Å². The van der Waals surface area contributed by atoms with Gasteiger partial charge < -0.3 is 33.1 Å². The molecule has 0 radical (unpaired) electrons. The number of fused-ring (bicyclic) bond motifs is 3. The normalized spacial score (nSPS) is 21.2. The highest BCUT2D eigenvalue weighted by atomic mass is 31.2. The average Bonchev–Trinajstić information content (AvgIpc) is 3.59. The first-order valence-electron chi connectivity index (χ1n) is 19.6. The van der Waals surface area contributed by atoms with E-state index in [2.05, 4.69) is 0 Å². The standard InChI is InChI=1S/C48H47O9P/c49-58(50,55-33-43-41-27-15-13-25-39(41)40-26-14-16-28-42(40)43)57-48-47(54-32-38-23-11-4-12-24-38)46(53-31-37-21-9-3-10-22-37)45(52-30-36-19-7-2-8-20-36)44(56-48)34-51-29-35-17-5-1-6-18-35/h1-28,43-48H,29-34H2,(H,49,50)/p-1/t44-,45-,46+,47-,48-/m1/s1. The monoisotopic (exact) mass is 797 g/mol. The van der Waals surface area contributed by atoms with Crippen LogP contribution in [-0.4, -0.2) is 43.9 Å². The van der Waals surface area contributed by atoms with E-state index in [1.54, 1.807) is 0 Å². The number of phosphoric acid groups is 1. The molecule has 0 N–H and O–H groups in total. The molecule has 9 nitrogen and oxygen atoms in total. The summed E-state index contributed by atoms with van der Waals surface area (Å²) in [5.74, 6) is -0.312. The zero-order chi connectivity index (χ0) is 39.6. The van der Waals surface area contributed by atoms with Crippen molar-refractivity contribution >= 4 is 7.82 Å². The first-order valence-corrected chi connectivity index (χ1v) is 21.0. The summed E-state index contributed by atoms with van der Waals surface area (Å²) in [5, 5.41) is 0. The second-order valence-electron chi connectivity index (χ2n) is 14.4. The first-order chi connectivity index (χ1) is 28.5. The van der Waals surface area contributed by atoms with E-state index in [0.717, 1.165) is 44.5 Å². The fourth-order valence-electron chi connectivity index (χ4n) is 7.59. The third-order valence-corrected chi connectivity index (χ3v) is 11.4. The minimum atomic E-state index is -5.05. The van der Waals surface area contributed by atoms with Gasteiger partial charge in [-0.3, -0.25) is 9.09 Å². The lowest BCUT2D eigenvalue weighted by Gasteiger charge is -2.46. The molecule has 6 aromatic rings. The van der Waals surface area contributed by atoms with Gasteiger partial charge in [0.05, 0.1) is 39.6 Å². The third kappa shape index (κ3) is 10.1. The van der Waals surface area contributed by atoms with Crippen LogP contribution < -0.4 is 4.89 Å². The predicted molar refractivity (Wildman–Crippen MR) is 218 cm³/mol. The van der Waals surface area contributed by atoms with Gasteiger partial charge in [-0.05, 0) is 44.5 Å². The molecule has 2 aliphatic rings. The van der Waals surface area contributed by atoms with Crippen LogP contribution in [0.3, 0.4) is 0 Å². The van der Waals surface area contributed by atoms with E-state index in [0.29, 0.717) is 6.61 Å². The zero-order valence-corrected chi connectivity index (χ0v) is 32.9. The van der Waals surface area contributed by atoms with Crippen molar-refractivity contribution < 1.29 is 42.2 Å². The molecule has 1 heterocycles. The van der Waals surface area contributed by atoms with Crippen LogP contribution in [0.1, 0.15) is 39.3 Å². The van der Waals surface area contributed by atoms with Crippen molar-refractivity contribution in [3.05, 3.63) is 203 Å². The molecule has 0 amide bonds. The topological polar surface area (TPSA) is 105 Å². The smallest absolute Gasteiger partial charge is 0.270 e. The molecule has 8 rings (SSSR count). The van der Waals surface area contributed by atoms with Gasteiger partial charge in [-0.25, -0.2) is 0 Å². The molecule has 0 aromatic heterocycles. The summed E-state index contributed by atoms with van der Waals surface area (Å²) in [4.78, 5) is 14.0. The fraction of sp³-hybridized carbons (Fsp3) is 0.250. The summed E-state index contributed by atoms with van der Waals surface area (Å²) in [6.45, 7) is 0.745. The highest BCUT2D eigenvalue weighted by Gasteiger charge is 2.50. The van der Waals surface area contributed by atoms with Crippen molar-refractivity contribution in [3.63, 3.8) is 0 Å². The minimum Gasteiger partial charge on any atom is -0.756 e. The molecule has 10 heteroatoms. The molecule has 58 heavy (non-hydrogen) atoms. The summed E-state index contributed by atoms with van der Waals surface area (Å²) in [6.07, 6.45) is -5.01. The lowest BCUT2D eigenvalue weighted by molar-refractivity contribution is -0.327. The Morgan fingerprint density at radius 1 is 0.483 bits per heavy atom. The molecule has 1 aliphatic heterocycles. The Kier molecular flexibility index (Phi) is 13.3. The molecule has 0 spiro atoms. The Morgan fingerprint density at radius 2 is 0.897 bits per heavy atom. The van der Waals surface area contributed by atoms with Crippen molar-refractivity contribution in [2.45, 2.75) is 63.1 Å². The Hall–Kier alpha value is -4.77. The number of hydrogen-bond acceptors (Lipinski definition) is 9. The first kappa shape index (κ1) is 40.0. The Labute approximate surface area is 339 Å². The fourth-order valence-corrected chi connectivity index (χ4v) is 8.41. The van der Waals surface area contributed by atoms with Gasteiger partial charge >= 0.3 is 0 Å². The van der Waals surface area contributed by atoms with Gasteiger partial charge in [0, 0.05) is 5.92 Å². The van der Waals surface area contributed by atoms with Crippen molar-refractivity contribution in [1.82, 2.24) is 0 Å². The summed E-state index contributed by atoms with van der Waals surface area (Å²) in [5.41, 5.74) is 7.80. The van der Waals surface area contributed by atoms with E-state index in [1.807, 2.05) is 170 Å². The second-order valence-corrected chi connectivity index (χ2v) is 15.8. The van der Waals surface area contributed by atoms with Gasteiger partial charge in [0.25, 0.3) is 7.82 Å². The van der Waals surface area contributed by atoms with Crippen molar-refractivity contribution in [1.29, 1.82) is 0 Å². The molecule has 6 atom stereocenters. The van der Waals surface area contributed by atoms with E-state index < -0.39 is 38.5 Å². The predicted octanol–water partition coefficient (Wildman–Crippen LogP) is 9.00. The molecule has 1 aliphatic carbocycles. The molecule has 0 bridgehead atoms. The molecular formula is C48H46O9P-. The van der Waals surface area contributed by atoms with Crippen LogP contribution in [0.4, 0.5) is 0 Å². The SMILES string of the molecule is O=P([O-])(OCC1c2ccccc2-c2ccccc21)O[C@H]1O[C@H](COCc2ccccc2)[C@@H](OCc2ccccc2)[C@H](OCc2ccccc2)[C@H]1OCc1ccccc1. The minimum absolute atomic E-state index is 0.0461. The van der Waals surface area contributed by atoms with Crippen LogP contribution in [0.25, 0.3) is 11.1 Å². The number of hydrogen-bond donors (Lipinski definition) is 0. The van der Waals surface area contributed by atoms with Crippen molar-refractivity contribution in [3.8, 4) is 11.1 Å². The Balaban J connectivity index is 1.09. The highest BCUT2D eigenvalue weighted by molar-refractivity contribution is 7.45. The molecule has 298 valence electrons. The molecule has 1 unspecified atom stereocenters. The van der Waals surface area contributed by atoms with E-state index in [-0.39, 0.29) is 39.0 Å². The van der Waals surface area contributed by atoms with Crippen LogP contribution in [0.5, 0.6) is 0 Å². The van der Waals surface area contributed by atoms with Gasteiger partial charge in [0.2, 0.25) is 0 Å². The molecule has 6 aromatic carbocycles. The van der Waals surface area contributed by atoms with E-state index in [9.17, 15) is 9.46 Å². The number of phosphoric ester groups is 1. The van der Waals surface area contributed by atoms with E-state index >= 15 is 0 Å². The van der Waals surface area contributed by atoms with Crippen LogP contribution in [-0.2, 0) is 63.7 Å². The maximum atomic E-state index is 14.0. The molecule has 1 fully saturated rings. The average molecular weight is 798 g/mol. The largest absolute Gasteiger partial charge is 0.756 e. The summed E-state index contributed by atoms with van der Waals surface area (Å²) in [6, 6.07) is 54.9. The van der Waals surface area contributed by atoms with E-state index in [4.69, 9.17) is 32.7 Å². The van der Waals surface area contributed by atoms with Gasteiger partial charge in [0.15, 0.2) is 6.29 Å². The van der Waals surface area contributed by atoms with Crippen molar-refractivity contribution in [2.75, 3.05) is 13.2 Å². The highest BCUT2D eigenvalue weighted by Crippen LogP contribution is 2.49. The van der Waals surface area contributed by atoms with Crippen LogP contribution in [0.2, 0.25) is 0 Å². The lowest BCUT2D eigenvalue weighted by Crippen LogP contribution is -2.61. The quantitative estimate of drug-likeness (QED) is 0.0789. The maximum absolute atomic E-state index is 14.0. The zero-order valence-electron chi connectivity index (χ0n) is 32.0. The van der Waals surface area contributed by atoms with E-state index in [1.165, 1.54) is 0 Å². The number of ether oxygens (including phenoxy) is 5. The van der Waals surface area contributed by atoms with Crippen LogP contribution in [0, 0.1) is 0 Å². The second kappa shape index (κ2) is 19.3. The van der Waals surface area contributed by atoms with Gasteiger partial charge in [0.1, 0.15) is 24.4 Å². The van der Waals surface area contributed by atoms with Crippen LogP contribution >= 0.6 is 7.82 Å². The van der Waals surface area contributed by atoms with Crippen molar-refractivity contribution in [2.24, 2.45) is 0 Å². The number of benzene rings is 6. The summed E-state index contributed by atoms with van der Waals surface area (Å²) < 4.78 is 58.6. The summed E-state index contributed by atoms with van der Waals surface area (Å²) >= 11 is 0. The summed E-state index contributed by atoms with van der Waals surface area (Å²) in [7, 11) is -5.05. The Bertz CT molecular complexity index is 2180. The Morgan fingerprint density at radius 3 is 1.40 bits per heavy atom. The molecule has 1 saturated heterocycles. The third-order valence-electron chi connectivity index (χ3n) is 10.4. The maximum Gasteiger partial charge on any atom is 0.270 e. The van der Waals surface area contributed by atoms with Gasteiger partial charge in [-0.2, -0.15) is 0 Å². The number of rotatable bonds is 18. The van der Waals surface area contributed by atoms with Gasteiger partial charge in [-0.1, -0.05) is 170 Å². The van der Waals surface area contributed by atoms with Gasteiger partial charge in [-0.15, -0.1) is 0 Å². The molecule has 0 saturated carbocycles. The lowest BCUT2D eigenvalue weighted by atomic mass is 9.98.